The quantitative estimate of drug-likeness (QED) is 0.685. The van der Waals surface area contributed by atoms with Crippen molar-refractivity contribution < 1.29 is 9.21 Å². The van der Waals surface area contributed by atoms with E-state index in [1.165, 1.54) is 0 Å². The molecule has 0 N–H and O–H groups in total. The molecule has 146 valence electrons. The smallest absolute Gasteiger partial charge is 0.227 e. The Morgan fingerprint density at radius 3 is 2.32 bits per heavy atom. The molecule has 0 spiro atoms. The van der Waals surface area contributed by atoms with E-state index >= 15 is 0 Å². The Morgan fingerprint density at radius 2 is 1.71 bits per heavy atom. The minimum Gasteiger partial charge on any atom is -0.444 e. The highest BCUT2D eigenvalue weighted by atomic mass is 16.4. The molecule has 0 bridgehead atoms. The molecule has 3 heterocycles. The second-order valence-corrected chi connectivity index (χ2v) is 7.34. The predicted octanol–water partition coefficient (Wildman–Crippen LogP) is 2.97. The van der Waals surface area contributed by atoms with Crippen molar-refractivity contribution in [2.24, 2.45) is 0 Å². The summed E-state index contributed by atoms with van der Waals surface area (Å²) < 4.78 is 7.73. The zero-order valence-corrected chi connectivity index (χ0v) is 16.5. The number of nitrogens with zero attached hydrogens (tertiary/aromatic N) is 4. The van der Waals surface area contributed by atoms with E-state index in [-0.39, 0.29) is 5.91 Å². The van der Waals surface area contributed by atoms with Gasteiger partial charge >= 0.3 is 0 Å². The number of piperazine rings is 1. The van der Waals surface area contributed by atoms with Gasteiger partial charge in [0.1, 0.15) is 5.76 Å². The van der Waals surface area contributed by atoms with Gasteiger partial charge in [-0.3, -0.25) is 9.69 Å². The van der Waals surface area contributed by atoms with E-state index < -0.39 is 0 Å². The highest BCUT2D eigenvalue weighted by Gasteiger charge is 2.22. The van der Waals surface area contributed by atoms with Crippen LogP contribution in [0.5, 0.6) is 0 Å². The van der Waals surface area contributed by atoms with E-state index in [1.807, 2.05) is 55.4 Å². The van der Waals surface area contributed by atoms with E-state index in [9.17, 15) is 4.79 Å². The summed E-state index contributed by atoms with van der Waals surface area (Å²) in [7, 11) is 0. The van der Waals surface area contributed by atoms with Crippen molar-refractivity contribution in [3.05, 3.63) is 71.7 Å². The SMILES string of the molecule is Cc1nc(CN2CCN(C(=O)Cc3ccc(-n4cccc4)cc3)CC2)oc1C. The number of rotatable bonds is 5. The lowest BCUT2D eigenvalue weighted by Crippen LogP contribution is -2.48. The Balaban J connectivity index is 1.28. The summed E-state index contributed by atoms with van der Waals surface area (Å²) in [6.45, 7) is 7.80. The van der Waals surface area contributed by atoms with Crippen molar-refractivity contribution >= 4 is 5.91 Å². The van der Waals surface area contributed by atoms with Gasteiger partial charge in [-0.25, -0.2) is 4.98 Å². The number of aromatic nitrogens is 2. The predicted molar refractivity (Wildman–Crippen MR) is 107 cm³/mol. The number of amides is 1. The van der Waals surface area contributed by atoms with Crippen LogP contribution in [-0.4, -0.2) is 51.4 Å². The number of hydrogen-bond acceptors (Lipinski definition) is 4. The third-order valence-electron chi connectivity index (χ3n) is 5.35. The van der Waals surface area contributed by atoms with Crippen LogP contribution in [0.3, 0.4) is 0 Å². The molecule has 3 aromatic rings. The molecule has 0 radical (unpaired) electrons. The number of benzene rings is 1. The molecule has 1 aliphatic heterocycles. The van der Waals surface area contributed by atoms with Gasteiger partial charge in [-0.1, -0.05) is 12.1 Å². The van der Waals surface area contributed by atoms with Crippen LogP contribution in [0.2, 0.25) is 0 Å². The summed E-state index contributed by atoms with van der Waals surface area (Å²) in [4.78, 5) is 21.4. The summed E-state index contributed by atoms with van der Waals surface area (Å²) >= 11 is 0. The molecule has 0 saturated carbocycles. The maximum absolute atomic E-state index is 12.7. The van der Waals surface area contributed by atoms with Gasteiger partial charge in [0.15, 0.2) is 0 Å². The highest BCUT2D eigenvalue weighted by molar-refractivity contribution is 5.79. The molecule has 1 aliphatic rings. The Bertz CT molecular complexity index is 901. The third kappa shape index (κ3) is 4.17. The normalized spacial score (nSPS) is 15.1. The van der Waals surface area contributed by atoms with Crippen LogP contribution < -0.4 is 0 Å². The fourth-order valence-corrected chi connectivity index (χ4v) is 3.53. The van der Waals surface area contributed by atoms with Gasteiger partial charge in [0.25, 0.3) is 0 Å². The van der Waals surface area contributed by atoms with Crippen molar-refractivity contribution in [1.82, 2.24) is 19.4 Å². The van der Waals surface area contributed by atoms with Gasteiger partial charge < -0.3 is 13.9 Å². The largest absolute Gasteiger partial charge is 0.444 e. The first kappa shape index (κ1) is 18.5. The second kappa shape index (κ2) is 8.02. The topological polar surface area (TPSA) is 54.5 Å². The molecule has 6 heteroatoms. The number of oxazole rings is 1. The summed E-state index contributed by atoms with van der Waals surface area (Å²) in [6, 6.07) is 12.2. The summed E-state index contributed by atoms with van der Waals surface area (Å²) in [6.07, 6.45) is 4.48. The maximum Gasteiger partial charge on any atom is 0.227 e. The lowest BCUT2D eigenvalue weighted by atomic mass is 10.1. The Morgan fingerprint density at radius 1 is 1.04 bits per heavy atom. The average molecular weight is 378 g/mol. The van der Waals surface area contributed by atoms with Crippen LogP contribution in [-0.2, 0) is 17.8 Å². The van der Waals surface area contributed by atoms with Crippen molar-refractivity contribution in [3.8, 4) is 5.69 Å². The van der Waals surface area contributed by atoms with Gasteiger partial charge in [-0.15, -0.1) is 0 Å². The number of carbonyl (C=O) groups is 1. The van der Waals surface area contributed by atoms with Gasteiger partial charge in [-0.05, 0) is 43.7 Å². The molecule has 4 rings (SSSR count). The third-order valence-corrected chi connectivity index (χ3v) is 5.35. The highest BCUT2D eigenvalue weighted by Crippen LogP contribution is 2.14. The molecule has 1 fully saturated rings. The second-order valence-electron chi connectivity index (χ2n) is 7.34. The van der Waals surface area contributed by atoms with Crippen LogP contribution in [0.25, 0.3) is 5.69 Å². The van der Waals surface area contributed by atoms with Crippen LogP contribution >= 0.6 is 0 Å². The van der Waals surface area contributed by atoms with Crippen LogP contribution in [0.15, 0.2) is 53.2 Å². The van der Waals surface area contributed by atoms with E-state index in [0.29, 0.717) is 13.0 Å². The summed E-state index contributed by atoms with van der Waals surface area (Å²) in [5.74, 6) is 1.83. The van der Waals surface area contributed by atoms with Gasteiger partial charge in [0.2, 0.25) is 11.8 Å². The van der Waals surface area contributed by atoms with Crippen molar-refractivity contribution in [2.75, 3.05) is 26.2 Å². The molecule has 1 aromatic carbocycles. The fraction of sp³-hybridized carbons (Fsp3) is 0.364. The molecule has 1 saturated heterocycles. The lowest BCUT2D eigenvalue weighted by molar-refractivity contribution is -0.132. The zero-order chi connectivity index (χ0) is 19.5. The van der Waals surface area contributed by atoms with Crippen LogP contribution in [0.1, 0.15) is 22.9 Å². The number of carbonyl (C=O) groups excluding carboxylic acids is 1. The fourth-order valence-electron chi connectivity index (χ4n) is 3.53. The van der Waals surface area contributed by atoms with E-state index in [4.69, 9.17) is 4.42 Å². The standard InChI is InChI=1S/C22H26N4O2/c1-17-18(2)28-21(23-17)16-24-11-13-26(14-12-24)22(27)15-19-5-7-20(8-6-19)25-9-3-4-10-25/h3-10H,11-16H2,1-2H3. The molecular formula is C22H26N4O2. The van der Waals surface area contributed by atoms with Gasteiger partial charge in [0, 0.05) is 44.3 Å². The summed E-state index contributed by atoms with van der Waals surface area (Å²) in [5.41, 5.74) is 3.10. The van der Waals surface area contributed by atoms with Gasteiger partial charge in [-0.2, -0.15) is 0 Å². The first-order valence-corrected chi connectivity index (χ1v) is 9.74. The Labute approximate surface area is 165 Å². The Hall–Kier alpha value is -2.86. The first-order valence-electron chi connectivity index (χ1n) is 9.74. The van der Waals surface area contributed by atoms with Crippen molar-refractivity contribution in [1.29, 1.82) is 0 Å². The number of hydrogen-bond donors (Lipinski definition) is 0. The minimum atomic E-state index is 0.191. The number of aryl methyl sites for hydroxylation is 2. The molecule has 0 aliphatic carbocycles. The maximum atomic E-state index is 12.7. The molecular weight excluding hydrogens is 352 g/mol. The molecule has 0 atom stereocenters. The van der Waals surface area contributed by atoms with E-state index in [0.717, 1.165) is 54.8 Å². The molecule has 1 amide bonds. The molecule has 2 aromatic heterocycles. The van der Waals surface area contributed by atoms with Crippen molar-refractivity contribution in [3.63, 3.8) is 0 Å². The monoisotopic (exact) mass is 378 g/mol. The van der Waals surface area contributed by atoms with E-state index in [2.05, 4.69) is 26.6 Å². The zero-order valence-electron chi connectivity index (χ0n) is 16.5. The first-order chi connectivity index (χ1) is 13.6. The van der Waals surface area contributed by atoms with Gasteiger partial charge in [0.05, 0.1) is 18.7 Å². The molecule has 0 unspecified atom stereocenters. The van der Waals surface area contributed by atoms with Crippen molar-refractivity contribution in [2.45, 2.75) is 26.8 Å². The molecule has 6 nitrogen and oxygen atoms in total. The summed E-state index contributed by atoms with van der Waals surface area (Å²) in [5, 5.41) is 0. The van der Waals surface area contributed by atoms with E-state index in [1.54, 1.807) is 0 Å². The van der Waals surface area contributed by atoms with Crippen LogP contribution in [0.4, 0.5) is 0 Å². The molecule has 28 heavy (non-hydrogen) atoms. The lowest BCUT2D eigenvalue weighted by Gasteiger charge is -2.34. The van der Waals surface area contributed by atoms with Crippen LogP contribution in [0, 0.1) is 13.8 Å². The average Bonchev–Trinajstić information content (AvgIpc) is 3.33. The minimum absolute atomic E-state index is 0.191. The Kier molecular flexibility index (Phi) is 5.30.